The van der Waals surface area contributed by atoms with Crippen molar-refractivity contribution >= 4 is 6.09 Å². The molecule has 0 saturated heterocycles. The van der Waals surface area contributed by atoms with Gasteiger partial charge in [-0.3, -0.25) is 0 Å². The Morgan fingerprint density at radius 2 is 1.83 bits per heavy atom. The van der Waals surface area contributed by atoms with Crippen LogP contribution >= 0.6 is 0 Å². The molecule has 0 bridgehead atoms. The average molecular weight is 450 g/mol. The Labute approximate surface area is 170 Å². The summed E-state index contributed by atoms with van der Waals surface area (Å²) in [6, 6.07) is 5.78. The second kappa shape index (κ2) is 11.6. The standard InChI is InChI=1S/C13H12FNO4.3CH3.Ce/c1-19-12-8(7-16)6-15(13(17)18)11(12)9-4-2-3-5-10(9)14;;;;/h2-6,16H,7H2,1H3,(H,17,18);3*1H3;/q;3*-1;+3. The number of carboxylic acid groups (broad SMARTS) is 1. The second-order valence-electron chi connectivity index (χ2n) is 3.83. The van der Waals surface area contributed by atoms with Crippen LogP contribution in [0.15, 0.2) is 30.5 Å². The fourth-order valence-electron chi connectivity index (χ4n) is 1.94. The Morgan fingerprint density at radius 1 is 1.26 bits per heavy atom. The zero-order chi connectivity index (χ0) is 14.0. The second-order valence-corrected chi connectivity index (χ2v) is 3.83. The van der Waals surface area contributed by atoms with E-state index >= 15 is 0 Å². The van der Waals surface area contributed by atoms with Gasteiger partial charge in [0.25, 0.3) is 0 Å². The molecule has 0 saturated carbocycles. The molecule has 0 fully saturated rings. The van der Waals surface area contributed by atoms with Gasteiger partial charge < -0.3 is 37.2 Å². The van der Waals surface area contributed by atoms with Crippen molar-refractivity contribution in [2.24, 2.45) is 0 Å². The number of aromatic nitrogens is 1. The fraction of sp³-hybridized carbons (Fsp3) is 0.125. The number of hydrogen-bond donors (Lipinski definition) is 2. The van der Waals surface area contributed by atoms with E-state index in [0.717, 1.165) is 4.57 Å². The minimum Gasteiger partial charge on any atom is -0.494 e. The monoisotopic (exact) mass is 450 g/mol. The van der Waals surface area contributed by atoms with Crippen LogP contribution in [0.3, 0.4) is 0 Å². The Hall–Kier alpha value is -0.963. The van der Waals surface area contributed by atoms with Gasteiger partial charge in [0.05, 0.1) is 13.7 Å². The molecular weight excluding hydrogens is 429 g/mol. The van der Waals surface area contributed by atoms with E-state index in [-0.39, 0.29) is 86.6 Å². The number of ether oxygens (including phenoxy) is 1. The molecule has 2 rings (SSSR count). The maximum Gasteiger partial charge on any atom is 3.00 e. The number of rotatable bonds is 3. The number of aliphatic hydroxyl groups excluding tert-OH is 1. The summed E-state index contributed by atoms with van der Waals surface area (Å²) < 4.78 is 19.8. The third-order valence-electron chi connectivity index (χ3n) is 2.74. The number of methoxy groups -OCH3 is 1. The quantitative estimate of drug-likeness (QED) is 0.700. The molecule has 7 heteroatoms. The van der Waals surface area contributed by atoms with E-state index in [0.29, 0.717) is 0 Å². The van der Waals surface area contributed by atoms with Gasteiger partial charge in [-0.1, -0.05) is 12.1 Å². The summed E-state index contributed by atoms with van der Waals surface area (Å²) in [6.07, 6.45) is -0.0700. The molecule has 1 radical (unpaired) electrons. The van der Waals surface area contributed by atoms with Crippen LogP contribution in [-0.2, 0) is 6.61 Å². The first kappa shape index (κ1) is 26.9. The molecule has 23 heavy (non-hydrogen) atoms. The minimum atomic E-state index is -1.28. The van der Waals surface area contributed by atoms with Crippen molar-refractivity contribution in [3.8, 4) is 17.0 Å². The third kappa shape index (κ3) is 5.27. The van der Waals surface area contributed by atoms with Crippen LogP contribution in [-0.4, -0.2) is 28.0 Å². The smallest absolute Gasteiger partial charge is 0.494 e. The van der Waals surface area contributed by atoms with Gasteiger partial charge in [0.15, 0.2) is 5.75 Å². The minimum absolute atomic E-state index is 0. The molecule has 0 atom stereocenters. The average Bonchev–Trinajstić information content (AvgIpc) is 2.77. The summed E-state index contributed by atoms with van der Waals surface area (Å²) in [5.74, 6) is -0.416. The molecule has 0 aliphatic heterocycles. The third-order valence-corrected chi connectivity index (χ3v) is 2.74. The van der Waals surface area contributed by atoms with Gasteiger partial charge in [0, 0.05) is 17.3 Å². The molecule has 0 unspecified atom stereocenters. The van der Waals surface area contributed by atoms with Crippen molar-refractivity contribution in [1.29, 1.82) is 0 Å². The molecule has 5 nitrogen and oxygen atoms in total. The van der Waals surface area contributed by atoms with Gasteiger partial charge in [-0.25, -0.2) is 13.8 Å². The predicted octanol–water partition coefficient (Wildman–Crippen LogP) is 3.67. The van der Waals surface area contributed by atoms with Crippen LogP contribution in [0.2, 0.25) is 0 Å². The first-order valence-corrected chi connectivity index (χ1v) is 5.47. The molecule has 0 amide bonds. The molecule has 2 N–H and O–H groups in total. The van der Waals surface area contributed by atoms with Crippen molar-refractivity contribution in [1.82, 2.24) is 4.57 Å². The predicted molar refractivity (Wildman–Crippen MR) is 85.0 cm³/mol. The topological polar surface area (TPSA) is 71.7 Å². The van der Waals surface area contributed by atoms with Crippen LogP contribution < -0.4 is 4.74 Å². The van der Waals surface area contributed by atoms with Gasteiger partial charge in [0.1, 0.15) is 11.5 Å². The summed E-state index contributed by atoms with van der Waals surface area (Å²) >= 11 is 0. The van der Waals surface area contributed by atoms with Crippen LogP contribution in [0.4, 0.5) is 9.18 Å². The Bertz CT molecular complexity index is 629. The normalized spacial score (nSPS) is 8.65. The first-order valence-electron chi connectivity index (χ1n) is 5.47. The summed E-state index contributed by atoms with van der Waals surface area (Å²) in [7, 11) is 1.34. The van der Waals surface area contributed by atoms with Crippen LogP contribution in [0.5, 0.6) is 5.75 Å². The summed E-state index contributed by atoms with van der Waals surface area (Å²) in [6.45, 7) is -0.398. The number of nitrogens with zero attached hydrogens (tertiary/aromatic N) is 1. The number of carbonyl (C=O) groups is 1. The molecule has 0 aliphatic rings. The maximum absolute atomic E-state index is 13.8. The van der Waals surface area contributed by atoms with Crippen LogP contribution in [0, 0.1) is 69.8 Å². The maximum atomic E-state index is 13.8. The van der Waals surface area contributed by atoms with E-state index in [1.54, 1.807) is 6.07 Å². The number of hydrogen-bond acceptors (Lipinski definition) is 3. The van der Waals surface area contributed by atoms with Crippen molar-refractivity contribution in [3.05, 3.63) is 64.1 Å². The van der Waals surface area contributed by atoms with Gasteiger partial charge >= 0.3 is 47.8 Å². The number of aliphatic hydroxyl groups is 1. The summed E-state index contributed by atoms with van der Waals surface area (Å²) in [4.78, 5) is 11.2. The summed E-state index contributed by atoms with van der Waals surface area (Å²) in [5.41, 5.74) is 0.446. The SMILES string of the molecule is COc1c(CO)cn(C(=O)O)c1-c1ccccc1F.[CH3-].[CH3-].[CH3-].[Ce+3]. The molecule has 1 heterocycles. The van der Waals surface area contributed by atoms with E-state index in [9.17, 15) is 14.3 Å². The van der Waals surface area contributed by atoms with E-state index in [1.165, 1.54) is 31.5 Å². The van der Waals surface area contributed by atoms with Crippen molar-refractivity contribution in [2.75, 3.05) is 7.11 Å². The van der Waals surface area contributed by atoms with Gasteiger partial charge in [-0.2, -0.15) is 0 Å². The van der Waals surface area contributed by atoms with E-state index in [2.05, 4.69) is 0 Å². The van der Waals surface area contributed by atoms with Crippen molar-refractivity contribution < 1.29 is 65.9 Å². The van der Waals surface area contributed by atoms with Gasteiger partial charge in [-0.15, -0.1) is 0 Å². The largest absolute Gasteiger partial charge is 3.00 e. The first-order chi connectivity index (χ1) is 9.10. The van der Waals surface area contributed by atoms with Crippen LogP contribution in [0.1, 0.15) is 5.56 Å². The van der Waals surface area contributed by atoms with Gasteiger partial charge in [0.2, 0.25) is 0 Å². The van der Waals surface area contributed by atoms with Crippen molar-refractivity contribution in [2.45, 2.75) is 6.61 Å². The zero-order valence-electron chi connectivity index (χ0n) is 13.6. The fourth-order valence-corrected chi connectivity index (χ4v) is 1.94. The van der Waals surface area contributed by atoms with Gasteiger partial charge in [-0.05, 0) is 12.1 Å². The van der Waals surface area contributed by atoms with E-state index in [1.807, 2.05) is 0 Å². The molecule has 0 spiro atoms. The summed E-state index contributed by atoms with van der Waals surface area (Å²) in [5, 5.41) is 18.4. The molecule has 2 aromatic rings. The number of benzene rings is 1. The Morgan fingerprint density at radius 3 is 2.26 bits per heavy atom. The molecule has 1 aromatic heterocycles. The Balaban J connectivity index is -0.000001000. The van der Waals surface area contributed by atoms with E-state index in [4.69, 9.17) is 9.84 Å². The molecule has 125 valence electrons. The molecule has 1 aromatic carbocycles. The Kier molecular flexibility index (Phi) is 13.5. The number of halogens is 1. The molecule has 0 aliphatic carbocycles. The zero-order valence-corrected chi connectivity index (χ0v) is 16.8. The van der Waals surface area contributed by atoms with E-state index < -0.39 is 18.5 Å². The van der Waals surface area contributed by atoms with Crippen molar-refractivity contribution in [3.63, 3.8) is 0 Å². The van der Waals surface area contributed by atoms with Crippen LogP contribution in [0.25, 0.3) is 11.3 Å². The molecular formula is C16H21CeFNO4.